The lowest BCUT2D eigenvalue weighted by atomic mass is 10.1. The van der Waals surface area contributed by atoms with E-state index >= 15 is 0 Å². The van der Waals surface area contributed by atoms with Gasteiger partial charge in [-0.05, 0) is 19.9 Å². The van der Waals surface area contributed by atoms with Crippen LogP contribution in [-0.4, -0.2) is 19.9 Å². The molecule has 4 aromatic heterocycles. The number of aryl methyl sites for hydroxylation is 2. The first-order chi connectivity index (χ1) is 11.2. The second-order valence-corrected chi connectivity index (χ2v) is 6.88. The molecule has 0 amide bonds. The Bertz CT molecular complexity index is 975. The maximum atomic E-state index is 4.68. The fourth-order valence-electron chi connectivity index (χ4n) is 2.35. The summed E-state index contributed by atoms with van der Waals surface area (Å²) in [6, 6.07) is 4.09. The number of anilines is 2. The van der Waals surface area contributed by atoms with Crippen molar-refractivity contribution in [2.75, 3.05) is 5.32 Å². The maximum absolute atomic E-state index is 4.68. The molecule has 0 saturated heterocycles. The normalized spacial score (nSPS) is 11.0. The van der Waals surface area contributed by atoms with Crippen molar-refractivity contribution < 1.29 is 0 Å². The predicted octanol–water partition coefficient (Wildman–Crippen LogP) is 4.57. The van der Waals surface area contributed by atoms with Crippen LogP contribution >= 0.6 is 22.7 Å². The third kappa shape index (κ3) is 2.69. The fraction of sp³-hybridized carbons (Fsp3) is 0.125. The van der Waals surface area contributed by atoms with Gasteiger partial charge in [0.25, 0.3) is 0 Å². The lowest BCUT2D eigenvalue weighted by Crippen LogP contribution is -1.98. The average molecular weight is 339 g/mol. The molecule has 4 aromatic rings. The molecule has 0 spiro atoms. The van der Waals surface area contributed by atoms with Crippen molar-refractivity contribution in [3.63, 3.8) is 0 Å². The van der Waals surface area contributed by atoms with E-state index in [1.165, 1.54) is 0 Å². The number of aromatic nitrogens is 4. The first kappa shape index (κ1) is 14.2. The molecule has 0 radical (unpaired) electrons. The fourth-order valence-corrected chi connectivity index (χ4v) is 3.69. The molecule has 0 aliphatic rings. The Labute approximate surface area is 141 Å². The van der Waals surface area contributed by atoms with Crippen LogP contribution in [0.4, 0.5) is 10.9 Å². The molecule has 0 fully saturated rings. The van der Waals surface area contributed by atoms with Crippen LogP contribution in [0.1, 0.15) is 11.4 Å². The summed E-state index contributed by atoms with van der Waals surface area (Å²) in [5.41, 5.74) is 3.79. The highest BCUT2D eigenvalue weighted by Gasteiger charge is 2.13. The molecule has 0 aliphatic carbocycles. The Morgan fingerprint density at radius 3 is 2.65 bits per heavy atom. The van der Waals surface area contributed by atoms with E-state index in [9.17, 15) is 0 Å². The van der Waals surface area contributed by atoms with Crippen molar-refractivity contribution >= 4 is 44.5 Å². The van der Waals surface area contributed by atoms with Gasteiger partial charge in [0, 0.05) is 39.8 Å². The van der Waals surface area contributed by atoms with E-state index in [-0.39, 0.29) is 0 Å². The maximum Gasteiger partial charge on any atom is 0.188 e. The van der Waals surface area contributed by atoms with Gasteiger partial charge in [0.15, 0.2) is 10.9 Å². The third-order valence-corrected chi connectivity index (χ3v) is 5.06. The molecule has 7 heteroatoms. The second kappa shape index (κ2) is 5.68. The summed E-state index contributed by atoms with van der Waals surface area (Å²) in [5.74, 6) is 0.721. The summed E-state index contributed by atoms with van der Waals surface area (Å²) in [6.07, 6.45) is 3.65. The number of pyridine rings is 2. The molecule has 0 unspecified atom stereocenters. The molecule has 4 heterocycles. The van der Waals surface area contributed by atoms with Gasteiger partial charge in [0.2, 0.25) is 0 Å². The standard InChI is InChI=1S/C16H13N5S2/c1-9-3-4-11-12(15-17-5-6-22-15)7-18-14(13(11)19-9)21-16-20-10(2)8-23-16/h3-8H,1-2H3,(H,18,20,21). The summed E-state index contributed by atoms with van der Waals surface area (Å²) in [7, 11) is 0. The van der Waals surface area contributed by atoms with Crippen molar-refractivity contribution in [2.45, 2.75) is 13.8 Å². The zero-order valence-corrected chi connectivity index (χ0v) is 14.2. The summed E-state index contributed by atoms with van der Waals surface area (Å²) in [6.45, 7) is 3.95. The first-order valence-electron chi connectivity index (χ1n) is 7.06. The molecule has 0 atom stereocenters. The number of nitrogens with zero attached hydrogens (tertiary/aromatic N) is 4. The average Bonchev–Trinajstić information content (AvgIpc) is 3.19. The van der Waals surface area contributed by atoms with E-state index in [1.54, 1.807) is 28.9 Å². The van der Waals surface area contributed by atoms with E-state index < -0.39 is 0 Å². The number of hydrogen-bond acceptors (Lipinski definition) is 7. The third-order valence-electron chi connectivity index (χ3n) is 3.38. The highest BCUT2D eigenvalue weighted by atomic mass is 32.1. The molecular formula is C16H13N5S2. The Morgan fingerprint density at radius 1 is 1.00 bits per heavy atom. The Kier molecular flexibility index (Phi) is 3.51. The van der Waals surface area contributed by atoms with Crippen LogP contribution < -0.4 is 5.32 Å². The van der Waals surface area contributed by atoms with Gasteiger partial charge in [0.1, 0.15) is 10.5 Å². The molecule has 23 heavy (non-hydrogen) atoms. The minimum absolute atomic E-state index is 0.721. The molecule has 0 aliphatic heterocycles. The lowest BCUT2D eigenvalue weighted by Gasteiger charge is -2.09. The van der Waals surface area contributed by atoms with Gasteiger partial charge in [-0.25, -0.2) is 19.9 Å². The largest absolute Gasteiger partial charge is 0.314 e. The van der Waals surface area contributed by atoms with Crippen molar-refractivity contribution in [3.05, 3.63) is 46.7 Å². The van der Waals surface area contributed by atoms with E-state index in [0.29, 0.717) is 0 Å². The van der Waals surface area contributed by atoms with Crippen LogP contribution in [0.15, 0.2) is 35.3 Å². The van der Waals surface area contributed by atoms with Crippen LogP contribution in [-0.2, 0) is 0 Å². The quantitative estimate of drug-likeness (QED) is 0.592. The van der Waals surface area contributed by atoms with Crippen molar-refractivity contribution in [1.82, 2.24) is 19.9 Å². The van der Waals surface area contributed by atoms with Crippen LogP contribution in [0.2, 0.25) is 0 Å². The Morgan fingerprint density at radius 2 is 1.91 bits per heavy atom. The van der Waals surface area contributed by atoms with Crippen LogP contribution in [0.3, 0.4) is 0 Å². The Balaban J connectivity index is 1.89. The molecule has 4 rings (SSSR count). The zero-order valence-electron chi connectivity index (χ0n) is 12.6. The minimum Gasteiger partial charge on any atom is -0.314 e. The molecule has 1 N–H and O–H groups in total. The van der Waals surface area contributed by atoms with Crippen molar-refractivity contribution in [2.24, 2.45) is 0 Å². The second-order valence-electron chi connectivity index (χ2n) is 5.13. The first-order valence-corrected chi connectivity index (χ1v) is 8.82. The highest BCUT2D eigenvalue weighted by Crippen LogP contribution is 2.33. The van der Waals surface area contributed by atoms with E-state index in [4.69, 9.17) is 0 Å². The predicted molar refractivity (Wildman–Crippen MR) is 95.5 cm³/mol. The van der Waals surface area contributed by atoms with Crippen LogP contribution in [0, 0.1) is 13.8 Å². The smallest absolute Gasteiger partial charge is 0.188 e. The topological polar surface area (TPSA) is 63.6 Å². The van der Waals surface area contributed by atoms with Gasteiger partial charge >= 0.3 is 0 Å². The summed E-state index contributed by atoms with van der Waals surface area (Å²) >= 11 is 3.16. The molecule has 114 valence electrons. The van der Waals surface area contributed by atoms with Crippen LogP contribution in [0.25, 0.3) is 21.5 Å². The molecule has 0 aromatic carbocycles. The molecule has 0 saturated carbocycles. The van der Waals surface area contributed by atoms with Gasteiger partial charge in [-0.3, -0.25) is 0 Å². The van der Waals surface area contributed by atoms with Gasteiger partial charge in [0.05, 0.1) is 5.69 Å². The SMILES string of the molecule is Cc1csc(Nc2ncc(-c3nccs3)c3ccc(C)nc23)n1. The van der Waals surface area contributed by atoms with Crippen LogP contribution in [0.5, 0.6) is 0 Å². The number of nitrogens with one attached hydrogen (secondary N) is 1. The van der Waals surface area contributed by atoms with Gasteiger partial charge in [-0.1, -0.05) is 6.07 Å². The minimum atomic E-state index is 0.721. The monoisotopic (exact) mass is 339 g/mol. The summed E-state index contributed by atoms with van der Waals surface area (Å²) in [5, 5.41) is 10.1. The van der Waals surface area contributed by atoms with Gasteiger partial charge < -0.3 is 5.32 Å². The van der Waals surface area contributed by atoms with E-state index in [0.717, 1.165) is 43.8 Å². The number of hydrogen-bond donors (Lipinski definition) is 1. The van der Waals surface area contributed by atoms with Crippen molar-refractivity contribution in [3.8, 4) is 10.6 Å². The lowest BCUT2D eigenvalue weighted by molar-refractivity contribution is 1.21. The van der Waals surface area contributed by atoms with Crippen molar-refractivity contribution in [1.29, 1.82) is 0 Å². The summed E-state index contributed by atoms with van der Waals surface area (Å²) < 4.78 is 0. The highest BCUT2D eigenvalue weighted by molar-refractivity contribution is 7.14. The number of rotatable bonds is 3. The summed E-state index contributed by atoms with van der Waals surface area (Å²) in [4.78, 5) is 18.1. The van der Waals surface area contributed by atoms with E-state index in [2.05, 4.69) is 31.3 Å². The van der Waals surface area contributed by atoms with Gasteiger partial charge in [-0.15, -0.1) is 22.7 Å². The molecule has 5 nitrogen and oxygen atoms in total. The van der Waals surface area contributed by atoms with Gasteiger partial charge in [-0.2, -0.15) is 0 Å². The zero-order chi connectivity index (χ0) is 15.8. The Hall–Kier alpha value is -2.38. The number of thiazole rings is 2. The molecule has 0 bridgehead atoms. The van der Waals surface area contributed by atoms with E-state index in [1.807, 2.05) is 36.9 Å². The number of fused-ring (bicyclic) bond motifs is 1. The molecular weight excluding hydrogens is 326 g/mol.